The number of carboxylic acids is 1. The predicted molar refractivity (Wildman–Crippen MR) is 131 cm³/mol. The molecule has 0 saturated heterocycles. The first-order chi connectivity index (χ1) is 16.9. The van der Waals surface area contributed by atoms with E-state index in [1.54, 1.807) is 6.92 Å². The van der Waals surface area contributed by atoms with Gasteiger partial charge in [0.05, 0.1) is 13.0 Å². The quantitative estimate of drug-likeness (QED) is 0.443. The van der Waals surface area contributed by atoms with Crippen LogP contribution < -0.4 is 15.4 Å². The van der Waals surface area contributed by atoms with E-state index in [0.29, 0.717) is 5.69 Å². The summed E-state index contributed by atoms with van der Waals surface area (Å²) in [5, 5.41) is 14.5. The highest BCUT2D eigenvalue weighted by Gasteiger charge is 2.29. The Bertz CT molecular complexity index is 1230. The molecule has 3 aromatic carbocycles. The normalized spacial score (nSPS) is 12.7. The number of hydrogen-bond donors (Lipinski definition) is 3. The third-order valence-corrected chi connectivity index (χ3v) is 6.04. The fourth-order valence-corrected chi connectivity index (χ4v) is 4.19. The number of amides is 2. The molecule has 0 spiro atoms. The van der Waals surface area contributed by atoms with Crippen molar-refractivity contribution in [1.82, 2.24) is 5.32 Å². The van der Waals surface area contributed by atoms with Crippen molar-refractivity contribution in [3.05, 3.63) is 83.4 Å². The van der Waals surface area contributed by atoms with Crippen LogP contribution in [0.2, 0.25) is 0 Å². The zero-order chi connectivity index (χ0) is 24.9. The largest absolute Gasteiger partial charge is 0.496 e. The predicted octanol–water partition coefficient (Wildman–Crippen LogP) is 4.51. The number of fused-ring (bicyclic) bond motifs is 3. The molecule has 2 amide bonds. The summed E-state index contributed by atoms with van der Waals surface area (Å²) in [5.41, 5.74) is 4.93. The maximum absolute atomic E-state index is 12.5. The molecule has 8 heteroatoms. The van der Waals surface area contributed by atoms with E-state index >= 15 is 0 Å². The average Bonchev–Trinajstić information content (AvgIpc) is 3.19. The van der Waals surface area contributed by atoms with E-state index in [2.05, 4.69) is 22.8 Å². The molecule has 0 heterocycles. The van der Waals surface area contributed by atoms with E-state index in [1.165, 1.54) is 25.3 Å². The van der Waals surface area contributed by atoms with Gasteiger partial charge in [0.2, 0.25) is 5.91 Å². The van der Waals surface area contributed by atoms with E-state index in [0.717, 1.165) is 22.3 Å². The highest BCUT2D eigenvalue weighted by atomic mass is 16.5. The lowest BCUT2D eigenvalue weighted by molar-refractivity contribution is -0.119. The number of nitrogens with one attached hydrogen (secondary N) is 2. The van der Waals surface area contributed by atoms with Crippen molar-refractivity contribution < 1.29 is 29.0 Å². The number of aromatic carboxylic acids is 1. The fourth-order valence-electron chi connectivity index (χ4n) is 4.19. The zero-order valence-electron chi connectivity index (χ0n) is 19.4. The van der Waals surface area contributed by atoms with Crippen molar-refractivity contribution in [3.63, 3.8) is 0 Å². The van der Waals surface area contributed by atoms with E-state index in [1.807, 2.05) is 36.4 Å². The topological polar surface area (TPSA) is 114 Å². The molecule has 180 valence electrons. The number of anilines is 1. The number of rotatable bonds is 8. The summed E-state index contributed by atoms with van der Waals surface area (Å²) < 4.78 is 10.6. The van der Waals surface area contributed by atoms with Gasteiger partial charge in [-0.2, -0.15) is 0 Å². The number of ether oxygens (including phenoxy) is 2. The monoisotopic (exact) mass is 474 g/mol. The van der Waals surface area contributed by atoms with Crippen molar-refractivity contribution in [2.45, 2.75) is 12.8 Å². The Morgan fingerprint density at radius 3 is 2.20 bits per heavy atom. The number of carbonyl (C=O) groups is 3. The molecule has 0 bridgehead atoms. The summed E-state index contributed by atoms with van der Waals surface area (Å²) >= 11 is 0. The second kappa shape index (κ2) is 10.3. The zero-order valence-corrected chi connectivity index (χ0v) is 19.4. The van der Waals surface area contributed by atoms with E-state index in [-0.39, 0.29) is 36.3 Å². The summed E-state index contributed by atoms with van der Waals surface area (Å²) in [6, 6.07) is 20.4. The standard InChI is InChI=1S/C27H26N2O6/c1-16(25(30)29-17-11-12-22(26(31)32)24(13-17)34-2)14-28-27(33)35-15-23-20-9-5-3-7-18(20)19-8-4-6-10-21(19)23/h3-13,16,23H,14-15H2,1-2H3,(H,28,33)(H,29,30)(H,31,32). The van der Waals surface area contributed by atoms with Gasteiger partial charge in [-0.25, -0.2) is 9.59 Å². The van der Waals surface area contributed by atoms with Crippen LogP contribution in [0.3, 0.4) is 0 Å². The molecule has 35 heavy (non-hydrogen) atoms. The van der Waals surface area contributed by atoms with Gasteiger partial charge in [0.1, 0.15) is 17.9 Å². The van der Waals surface area contributed by atoms with E-state index in [9.17, 15) is 19.5 Å². The summed E-state index contributed by atoms with van der Waals surface area (Å²) in [5.74, 6) is -1.92. The molecule has 3 aromatic rings. The smallest absolute Gasteiger partial charge is 0.407 e. The number of hydrogen-bond acceptors (Lipinski definition) is 5. The van der Waals surface area contributed by atoms with Gasteiger partial charge in [-0.05, 0) is 34.4 Å². The Hall–Kier alpha value is -4.33. The minimum absolute atomic E-state index is 0.00420. The highest BCUT2D eigenvalue weighted by Crippen LogP contribution is 2.44. The lowest BCUT2D eigenvalue weighted by Crippen LogP contribution is -2.35. The van der Waals surface area contributed by atoms with Crippen LogP contribution in [0.4, 0.5) is 10.5 Å². The number of carboxylic acid groups (broad SMARTS) is 1. The molecule has 1 atom stereocenters. The van der Waals surface area contributed by atoms with Crippen LogP contribution in [0.1, 0.15) is 34.3 Å². The number of benzene rings is 3. The number of methoxy groups -OCH3 is 1. The average molecular weight is 475 g/mol. The Labute approximate surface area is 202 Å². The van der Waals surface area contributed by atoms with Crippen molar-refractivity contribution in [2.75, 3.05) is 25.6 Å². The van der Waals surface area contributed by atoms with Crippen LogP contribution >= 0.6 is 0 Å². The molecule has 1 unspecified atom stereocenters. The minimum Gasteiger partial charge on any atom is -0.496 e. The Morgan fingerprint density at radius 1 is 0.971 bits per heavy atom. The molecule has 0 aromatic heterocycles. The molecule has 1 aliphatic rings. The lowest BCUT2D eigenvalue weighted by atomic mass is 9.98. The Balaban J connectivity index is 1.30. The number of carbonyl (C=O) groups excluding carboxylic acids is 2. The third kappa shape index (κ3) is 5.11. The van der Waals surface area contributed by atoms with Gasteiger partial charge < -0.3 is 25.2 Å². The van der Waals surface area contributed by atoms with E-state index in [4.69, 9.17) is 9.47 Å². The van der Waals surface area contributed by atoms with Gasteiger partial charge in [-0.3, -0.25) is 4.79 Å². The van der Waals surface area contributed by atoms with Crippen LogP contribution in [0.5, 0.6) is 5.75 Å². The van der Waals surface area contributed by atoms with Crippen LogP contribution in [-0.4, -0.2) is 43.3 Å². The van der Waals surface area contributed by atoms with Gasteiger partial charge in [-0.1, -0.05) is 55.5 Å². The Morgan fingerprint density at radius 2 is 1.60 bits per heavy atom. The van der Waals surface area contributed by atoms with Gasteiger partial charge in [-0.15, -0.1) is 0 Å². The molecule has 0 fully saturated rings. The molecule has 0 radical (unpaired) electrons. The lowest BCUT2D eigenvalue weighted by Gasteiger charge is -2.16. The molecular formula is C27H26N2O6. The van der Waals surface area contributed by atoms with Gasteiger partial charge in [0.15, 0.2) is 0 Å². The van der Waals surface area contributed by atoms with Gasteiger partial charge >= 0.3 is 12.1 Å². The van der Waals surface area contributed by atoms with Crippen molar-refractivity contribution in [3.8, 4) is 16.9 Å². The Kier molecular flexibility index (Phi) is 7.01. The summed E-state index contributed by atoms with van der Waals surface area (Å²) in [6.45, 7) is 1.94. The first kappa shape index (κ1) is 23.8. The second-order valence-electron chi connectivity index (χ2n) is 8.32. The van der Waals surface area contributed by atoms with Crippen LogP contribution in [0, 0.1) is 5.92 Å². The highest BCUT2D eigenvalue weighted by molar-refractivity contribution is 5.95. The van der Waals surface area contributed by atoms with E-state index < -0.39 is 18.0 Å². The fraction of sp³-hybridized carbons (Fsp3) is 0.222. The molecule has 4 rings (SSSR count). The molecular weight excluding hydrogens is 448 g/mol. The third-order valence-electron chi connectivity index (χ3n) is 6.04. The van der Waals surface area contributed by atoms with Crippen molar-refractivity contribution in [1.29, 1.82) is 0 Å². The van der Waals surface area contributed by atoms with Crippen LogP contribution in [-0.2, 0) is 9.53 Å². The van der Waals surface area contributed by atoms with Crippen LogP contribution in [0.15, 0.2) is 66.7 Å². The molecule has 1 aliphatic carbocycles. The number of alkyl carbamates (subject to hydrolysis) is 1. The SMILES string of the molecule is COc1cc(NC(=O)C(C)CNC(=O)OCC2c3ccccc3-c3ccccc32)ccc1C(=O)O. The first-order valence-electron chi connectivity index (χ1n) is 11.2. The molecule has 8 nitrogen and oxygen atoms in total. The summed E-state index contributed by atoms with van der Waals surface area (Å²) in [4.78, 5) is 36.1. The first-order valence-corrected chi connectivity index (χ1v) is 11.2. The molecule has 0 saturated carbocycles. The second-order valence-corrected chi connectivity index (χ2v) is 8.32. The van der Waals surface area contributed by atoms with Gasteiger partial charge in [0.25, 0.3) is 0 Å². The maximum atomic E-state index is 12.5. The van der Waals surface area contributed by atoms with Crippen molar-refractivity contribution in [2.24, 2.45) is 5.92 Å². The van der Waals surface area contributed by atoms with Gasteiger partial charge in [0, 0.05) is 24.2 Å². The molecule has 0 aliphatic heterocycles. The molecule has 3 N–H and O–H groups in total. The summed E-state index contributed by atoms with van der Waals surface area (Å²) in [6.07, 6.45) is -0.598. The maximum Gasteiger partial charge on any atom is 0.407 e. The minimum atomic E-state index is -1.12. The van der Waals surface area contributed by atoms with Crippen LogP contribution in [0.25, 0.3) is 11.1 Å². The summed E-state index contributed by atoms with van der Waals surface area (Å²) in [7, 11) is 1.36. The van der Waals surface area contributed by atoms with Crippen molar-refractivity contribution >= 4 is 23.7 Å².